The highest BCUT2D eigenvalue weighted by molar-refractivity contribution is 14.1. The molecule has 4 aromatic rings. The van der Waals surface area contributed by atoms with Gasteiger partial charge in [-0.05, 0) is 63.7 Å². The minimum Gasteiger partial charge on any atom is -0.425 e. The number of aromatic amines is 1. The number of nitrogens with zero attached hydrogens (tertiary/aromatic N) is 5. The van der Waals surface area contributed by atoms with Gasteiger partial charge in [0, 0.05) is 16.7 Å². The lowest BCUT2D eigenvalue weighted by atomic mass is 10.2. The van der Waals surface area contributed by atoms with Gasteiger partial charge in [-0.3, -0.25) is 4.57 Å². The molecule has 0 radical (unpaired) electrons. The van der Waals surface area contributed by atoms with E-state index in [2.05, 4.69) is 43.1 Å². The van der Waals surface area contributed by atoms with Crippen molar-refractivity contribution in [1.29, 1.82) is 0 Å². The lowest BCUT2D eigenvalue weighted by molar-refractivity contribution is 0.427. The van der Waals surface area contributed by atoms with E-state index < -0.39 is 5.69 Å². The van der Waals surface area contributed by atoms with Crippen LogP contribution in [0, 0.1) is 10.5 Å². The molecular formula is C16H12ClIN6O2. The van der Waals surface area contributed by atoms with Crippen LogP contribution in [0.3, 0.4) is 0 Å². The van der Waals surface area contributed by atoms with Crippen molar-refractivity contribution in [2.24, 2.45) is 7.05 Å². The molecule has 0 aliphatic heterocycles. The van der Waals surface area contributed by atoms with E-state index >= 15 is 0 Å². The maximum absolute atomic E-state index is 11.8. The number of fused-ring (bicyclic) bond motifs is 1. The number of nitrogens with one attached hydrogen (secondary N) is 1. The van der Waals surface area contributed by atoms with Crippen molar-refractivity contribution in [2.75, 3.05) is 0 Å². The normalized spacial score (nSPS) is 11.2. The second-order valence-corrected chi connectivity index (χ2v) is 7.25. The number of rotatable bonds is 3. The van der Waals surface area contributed by atoms with Crippen LogP contribution in [-0.2, 0) is 7.05 Å². The zero-order valence-corrected chi connectivity index (χ0v) is 16.6. The molecule has 0 saturated carbocycles. The fraction of sp³-hybridized carbons (Fsp3) is 0.125. The first-order valence-electron chi connectivity index (χ1n) is 7.55. The Bertz CT molecular complexity index is 1200. The number of aromatic nitrogens is 6. The zero-order chi connectivity index (χ0) is 18.4. The maximum Gasteiger partial charge on any atom is 0.365 e. The number of H-pyrrole nitrogens is 1. The van der Waals surface area contributed by atoms with Crippen LogP contribution in [0.15, 0.2) is 35.1 Å². The van der Waals surface area contributed by atoms with Crippen LogP contribution in [0.4, 0.5) is 0 Å². The smallest absolute Gasteiger partial charge is 0.365 e. The fourth-order valence-electron chi connectivity index (χ4n) is 2.60. The van der Waals surface area contributed by atoms with Crippen LogP contribution >= 0.6 is 34.2 Å². The Morgan fingerprint density at radius 2 is 2.08 bits per heavy atom. The van der Waals surface area contributed by atoms with Gasteiger partial charge < -0.3 is 4.74 Å². The minimum absolute atomic E-state index is 0.417. The minimum atomic E-state index is -0.419. The average molecular weight is 483 g/mol. The summed E-state index contributed by atoms with van der Waals surface area (Å²) in [6.07, 6.45) is 0. The standard InChI is InChI=1S/C16H12ClIN6O2/c1-8-3-4-9(5-13(8)24-15(25)20-21-22-24)26-16-19-12-7-11(18)10(17)6-14(12)23(16)2/h3-7H,1-2H3,(H,20,22,25). The summed E-state index contributed by atoms with van der Waals surface area (Å²) in [4.78, 5) is 16.3. The number of imidazole rings is 1. The van der Waals surface area contributed by atoms with E-state index in [9.17, 15) is 4.79 Å². The van der Waals surface area contributed by atoms with E-state index in [4.69, 9.17) is 16.3 Å². The molecule has 0 aliphatic rings. The highest BCUT2D eigenvalue weighted by Crippen LogP contribution is 2.30. The molecule has 10 heteroatoms. The van der Waals surface area contributed by atoms with Crippen molar-refractivity contribution in [1.82, 2.24) is 29.8 Å². The van der Waals surface area contributed by atoms with Crippen LogP contribution in [0.25, 0.3) is 16.7 Å². The number of ether oxygens (including phenoxy) is 1. The first kappa shape index (κ1) is 17.0. The Hall–Kier alpha value is -2.40. The van der Waals surface area contributed by atoms with Gasteiger partial charge in [-0.1, -0.05) is 17.7 Å². The third-order valence-corrected chi connectivity index (χ3v) is 5.50. The molecule has 1 N–H and O–H groups in total. The molecule has 26 heavy (non-hydrogen) atoms. The van der Waals surface area contributed by atoms with Crippen molar-refractivity contribution in [3.63, 3.8) is 0 Å². The number of aryl methyl sites for hydroxylation is 2. The number of halogens is 2. The summed E-state index contributed by atoms with van der Waals surface area (Å²) in [5.41, 5.74) is 2.68. The summed E-state index contributed by atoms with van der Waals surface area (Å²) in [7, 11) is 1.85. The van der Waals surface area contributed by atoms with Crippen LogP contribution in [0.1, 0.15) is 5.56 Å². The van der Waals surface area contributed by atoms with Crippen molar-refractivity contribution >= 4 is 45.2 Å². The Kier molecular flexibility index (Phi) is 4.19. The Balaban J connectivity index is 1.76. The molecule has 0 bridgehead atoms. The van der Waals surface area contributed by atoms with Crippen molar-refractivity contribution in [3.8, 4) is 17.4 Å². The molecule has 0 fully saturated rings. The number of hydrogen-bond acceptors (Lipinski definition) is 5. The lowest BCUT2D eigenvalue weighted by Gasteiger charge is -2.09. The van der Waals surface area contributed by atoms with E-state index in [1.165, 1.54) is 4.68 Å². The summed E-state index contributed by atoms with van der Waals surface area (Å²) >= 11 is 8.37. The SMILES string of the molecule is Cc1ccc(Oc2nc3cc(I)c(Cl)cc3n2C)cc1-n1nn[nH]c1=O. The fourth-order valence-corrected chi connectivity index (χ4v) is 3.21. The molecule has 0 spiro atoms. The van der Waals surface area contributed by atoms with Gasteiger partial charge in [0.05, 0.1) is 21.7 Å². The second kappa shape index (κ2) is 6.40. The Labute approximate surface area is 165 Å². The predicted octanol–water partition coefficient (Wildman–Crippen LogP) is 3.20. The molecule has 0 atom stereocenters. The monoisotopic (exact) mass is 482 g/mol. The highest BCUT2D eigenvalue weighted by atomic mass is 127. The zero-order valence-electron chi connectivity index (χ0n) is 13.7. The molecular weight excluding hydrogens is 471 g/mol. The van der Waals surface area contributed by atoms with E-state index in [1.807, 2.05) is 36.7 Å². The van der Waals surface area contributed by atoms with E-state index in [0.717, 1.165) is 20.2 Å². The molecule has 0 amide bonds. The molecule has 8 nitrogen and oxygen atoms in total. The van der Waals surface area contributed by atoms with Gasteiger partial charge in [-0.15, -0.1) is 0 Å². The second-order valence-electron chi connectivity index (χ2n) is 5.68. The average Bonchev–Trinajstić information content (AvgIpc) is 3.15. The van der Waals surface area contributed by atoms with E-state index in [-0.39, 0.29) is 0 Å². The van der Waals surface area contributed by atoms with Gasteiger partial charge in [-0.2, -0.15) is 9.67 Å². The van der Waals surface area contributed by atoms with Gasteiger partial charge >= 0.3 is 11.7 Å². The summed E-state index contributed by atoms with van der Waals surface area (Å²) in [5.74, 6) is 0.528. The lowest BCUT2D eigenvalue weighted by Crippen LogP contribution is -2.17. The quantitative estimate of drug-likeness (QED) is 0.453. The molecule has 0 unspecified atom stereocenters. The summed E-state index contributed by atoms with van der Waals surface area (Å²) < 4.78 is 9.86. The largest absolute Gasteiger partial charge is 0.425 e. The molecule has 2 aromatic carbocycles. The van der Waals surface area contributed by atoms with Crippen molar-refractivity contribution in [2.45, 2.75) is 6.92 Å². The van der Waals surface area contributed by atoms with Gasteiger partial charge in [0.15, 0.2) is 0 Å². The summed E-state index contributed by atoms with van der Waals surface area (Å²) in [6, 6.07) is 9.54. The van der Waals surface area contributed by atoms with Crippen LogP contribution in [0.5, 0.6) is 11.8 Å². The van der Waals surface area contributed by atoms with Crippen LogP contribution < -0.4 is 10.4 Å². The third-order valence-electron chi connectivity index (χ3n) is 3.97. The third kappa shape index (κ3) is 2.86. The van der Waals surface area contributed by atoms with Gasteiger partial charge in [0.1, 0.15) is 5.75 Å². The van der Waals surface area contributed by atoms with E-state index in [1.54, 1.807) is 12.1 Å². The highest BCUT2D eigenvalue weighted by Gasteiger charge is 2.14. The molecule has 4 rings (SSSR count). The molecule has 2 heterocycles. The first-order chi connectivity index (χ1) is 12.4. The number of benzene rings is 2. The predicted molar refractivity (Wildman–Crippen MR) is 105 cm³/mol. The van der Waals surface area contributed by atoms with Crippen LogP contribution in [0.2, 0.25) is 5.02 Å². The Morgan fingerprint density at radius 3 is 2.81 bits per heavy atom. The first-order valence-corrected chi connectivity index (χ1v) is 9.00. The van der Waals surface area contributed by atoms with Gasteiger partial charge in [-0.25, -0.2) is 9.89 Å². The molecule has 2 aromatic heterocycles. The van der Waals surface area contributed by atoms with Crippen molar-refractivity contribution < 1.29 is 4.74 Å². The molecule has 0 aliphatic carbocycles. The van der Waals surface area contributed by atoms with Crippen LogP contribution in [-0.4, -0.2) is 29.8 Å². The van der Waals surface area contributed by atoms with Gasteiger partial charge in [0.25, 0.3) is 0 Å². The summed E-state index contributed by atoms with van der Waals surface area (Å²) in [6.45, 7) is 1.87. The molecule has 0 saturated heterocycles. The molecule has 132 valence electrons. The number of tetrazole rings is 1. The summed E-state index contributed by atoms with van der Waals surface area (Å²) in [5, 5.41) is 10.2. The van der Waals surface area contributed by atoms with E-state index in [0.29, 0.717) is 22.5 Å². The topological polar surface area (TPSA) is 90.6 Å². The number of hydrogen-bond donors (Lipinski definition) is 1. The van der Waals surface area contributed by atoms with Crippen molar-refractivity contribution in [3.05, 3.63) is 55.0 Å². The Morgan fingerprint density at radius 1 is 1.27 bits per heavy atom. The maximum atomic E-state index is 11.8. The van der Waals surface area contributed by atoms with Gasteiger partial charge in [0.2, 0.25) is 0 Å².